The summed E-state index contributed by atoms with van der Waals surface area (Å²) in [5.41, 5.74) is -0.0140. The maximum absolute atomic E-state index is 12.3. The molecule has 0 saturated heterocycles. The normalized spacial score (nSPS) is 12.0. The lowest BCUT2D eigenvalue weighted by Crippen LogP contribution is -2.32. The van der Waals surface area contributed by atoms with Gasteiger partial charge < -0.3 is 4.52 Å². The number of aryl methyl sites for hydroxylation is 2. The summed E-state index contributed by atoms with van der Waals surface area (Å²) in [5, 5.41) is 9.82. The quantitative estimate of drug-likeness (QED) is 0.677. The topological polar surface area (TPSA) is 112 Å². The summed E-state index contributed by atoms with van der Waals surface area (Å²) in [6.07, 6.45) is 0. The number of nitrogens with one attached hydrogen (secondary N) is 1. The third kappa shape index (κ3) is 3.30. The summed E-state index contributed by atoms with van der Waals surface area (Å²) in [6.45, 7) is 3.22. The summed E-state index contributed by atoms with van der Waals surface area (Å²) in [7, 11) is -2.13. The fraction of sp³-hybridized carbons (Fsp3) is 0.357. The molecule has 9 nitrogen and oxygen atoms in total. The Morgan fingerprint density at radius 3 is 2.72 bits per heavy atom. The van der Waals surface area contributed by atoms with Gasteiger partial charge in [-0.25, -0.2) is 22.6 Å². The van der Waals surface area contributed by atoms with Gasteiger partial charge in [0.25, 0.3) is 0 Å². The van der Waals surface area contributed by atoms with Crippen molar-refractivity contribution in [3.8, 4) is 10.7 Å². The minimum absolute atomic E-state index is 0.0210. The minimum Gasteiger partial charge on any atom is -0.360 e. The molecule has 3 aromatic heterocycles. The number of hydrogen-bond donors (Lipinski definition) is 1. The Balaban J connectivity index is 1.75. The van der Waals surface area contributed by atoms with Crippen molar-refractivity contribution < 1.29 is 12.9 Å². The molecule has 0 amide bonds. The Bertz CT molecular complexity index is 1020. The van der Waals surface area contributed by atoms with Gasteiger partial charge in [0.05, 0.1) is 11.4 Å². The van der Waals surface area contributed by atoms with Gasteiger partial charge in [0.1, 0.15) is 10.6 Å². The molecular weight excluding hydrogens is 366 g/mol. The van der Waals surface area contributed by atoms with Crippen LogP contribution in [0.1, 0.15) is 11.5 Å². The van der Waals surface area contributed by atoms with E-state index >= 15 is 0 Å². The van der Waals surface area contributed by atoms with E-state index in [1.807, 2.05) is 17.5 Å². The summed E-state index contributed by atoms with van der Waals surface area (Å²) < 4.78 is 34.7. The highest BCUT2D eigenvalue weighted by atomic mass is 32.2. The van der Waals surface area contributed by atoms with Crippen LogP contribution in [0.2, 0.25) is 0 Å². The Labute approximate surface area is 147 Å². The van der Waals surface area contributed by atoms with Crippen LogP contribution in [0.15, 0.2) is 31.7 Å². The molecule has 0 aliphatic carbocycles. The van der Waals surface area contributed by atoms with E-state index in [0.717, 1.165) is 4.88 Å². The number of thiophene rings is 1. The number of hydrogen-bond acceptors (Lipinski definition) is 7. The summed E-state index contributed by atoms with van der Waals surface area (Å²) in [6, 6.07) is 3.75. The molecule has 0 unspecified atom stereocenters. The van der Waals surface area contributed by atoms with Crippen LogP contribution in [0.25, 0.3) is 10.7 Å². The van der Waals surface area contributed by atoms with Gasteiger partial charge in [0, 0.05) is 13.6 Å². The summed E-state index contributed by atoms with van der Waals surface area (Å²) in [4.78, 5) is 13.1. The van der Waals surface area contributed by atoms with Crippen LogP contribution in [-0.4, -0.2) is 34.5 Å². The molecule has 25 heavy (non-hydrogen) atoms. The molecule has 0 aliphatic heterocycles. The maximum Gasteiger partial charge on any atom is 0.345 e. The molecule has 11 heteroatoms. The first-order chi connectivity index (χ1) is 11.8. The van der Waals surface area contributed by atoms with E-state index < -0.39 is 10.0 Å². The molecule has 0 saturated carbocycles. The second-order valence-electron chi connectivity index (χ2n) is 5.42. The van der Waals surface area contributed by atoms with Gasteiger partial charge in [-0.05, 0) is 25.3 Å². The van der Waals surface area contributed by atoms with Crippen LogP contribution in [0.5, 0.6) is 0 Å². The van der Waals surface area contributed by atoms with Crippen LogP contribution in [0, 0.1) is 13.8 Å². The molecule has 3 aromatic rings. The fourth-order valence-electron chi connectivity index (χ4n) is 2.47. The second-order valence-corrected chi connectivity index (χ2v) is 8.07. The van der Waals surface area contributed by atoms with Crippen molar-refractivity contribution in [3.63, 3.8) is 0 Å². The largest absolute Gasteiger partial charge is 0.360 e. The molecule has 0 spiro atoms. The van der Waals surface area contributed by atoms with E-state index in [2.05, 4.69) is 15.0 Å². The van der Waals surface area contributed by atoms with Crippen molar-refractivity contribution in [2.75, 3.05) is 6.54 Å². The van der Waals surface area contributed by atoms with Crippen molar-refractivity contribution in [2.45, 2.75) is 25.3 Å². The van der Waals surface area contributed by atoms with Crippen molar-refractivity contribution in [3.05, 3.63) is 39.5 Å². The highest BCUT2D eigenvalue weighted by Gasteiger charge is 2.24. The molecule has 0 bridgehead atoms. The van der Waals surface area contributed by atoms with Gasteiger partial charge in [-0.2, -0.15) is 0 Å². The molecule has 3 rings (SSSR count). The van der Waals surface area contributed by atoms with Crippen molar-refractivity contribution in [1.29, 1.82) is 0 Å². The monoisotopic (exact) mass is 383 g/mol. The lowest BCUT2D eigenvalue weighted by atomic mass is 10.4. The zero-order valence-electron chi connectivity index (χ0n) is 13.9. The molecule has 0 fully saturated rings. The Kier molecular flexibility index (Phi) is 4.62. The van der Waals surface area contributed by atoms with Gasteiger partial charge in [0.15, 0.2) is 11.6 Å². The number of aromatic nitrogens is 4. The SMILES string of the molecule is Cc1noc(C)c1S(=O)(=O)NCCn1nc(-c2cccs2)n(C)c1=O. The zero-order chi connectivity index (χ0) is 18.2. The van der Waals surface area contributed by atoms with Crippen molar-refractivity contribution in [2.24, 2.45) is 7.05 Å². The highest BCUT2D eigenvalue weighted by Crippen LogP contribution is 2.21. The Hall–Kier alpha value is -2.24. The van der Waals surface area contributed by atoms with E-state index in [9.17, 15) is 13.2 Å². The van der Waals surface area contributed by atoms with E-state index in [0.29, 0.717) is 11.5 Å². The van der Waals surface area contributed by atoms with Gasteiger partial charge >= 0.3 is 5.69 Å². The molecule has 0 atom stereocenters. The van der Waals surface area contributed by atoms with E-state index in [-0.39, 0.29) is 29.4 Å². The molecule has 134 valence electrons. The van der Waals surface area contributed by atoms with E-state index in [1.165, 1.54) is 27.5 Å². The van der Waals surface area contributed by atoms with Gasteiger partial charge in [-0.15, -0.1) is 16.4 Å². The lowest BCUT2D eigenvalue weighted by molar-refractivity contribution is 0.390. The molecule has 0 radical (unpaired) electrons. The minimum atomic E-state index is -3.76. The lowest BCUT2D eigenvalue weighted by Gasteiger charge is -2.05. The van der Waals surface area contributed by atoms with Crippen LogP contribution in [-0.2, 0) is 23.6 Å². The number of sulfonamides is 1. The first kappa shape index (κ1) is 17.6. The van der Waals surface area contributed by atoms with Crippen LogP contribution in [0.3, 0.4) is 0 Å². The molecular formula is C14H17N5O4S2. The third-order valence-corrected chi connectivity index (χ3v) is 6.21. The molecule has 3 heterocycles. The predicted molar refractivity (Wildman–Crippen MR) is 91.9 cm³/mol. The van der Waals surface area contributed by atoms with Crippen molar-refractivity contribution >= 4 is 21.4 Å². The highest BCUT2D eigenvalue weighted by molar-refractivity contribution is 7.89. The van der Waals surface area contributed by atoms with E-state index in [1.54, 1.807) is 14.0 Å². The zero-order valence-corrected chi connectivity index (χ0v) is 15.5. The second kappa shape index (κ2) is 6.58. The van der Waals surface area contributed by atoms with Gasteiger partial charge in [-0.1, -0.05) is 11.2 Å². The number of nitrogens with zero attached hydrogens (tertiary/aromatic N) is 4. The Morgan fingerprint density at radius 1 is 1.36 bits per heavy atom. The third-order valence-electron chi connectivity index (χ3n) is 3.63. The maximum atomic E-state index is 12.3. The molecule has 1 N–H and O–H groups in total. The summed E-state index contributed by atoms with van der Waals surface area (Å²) in [5.74, 6) is 0.772. The molecule has 0 aromatic carbocycles. The average molecular weight is 383 g/mol. The number of rotatable bonds is 6. The molecule has 0 aliphatic rings. The summed E-state index contributed by atoms with van der Waals surface area (Å²) >= 11 is 1.48. The van der Waals surface area contributed by atoms with Crippen molar-refractivity contribution in [1.82, 2.24) is 24.2 Å². The van der Waals surface area contributed by atoms with E-state index in [4.69, 9.17) is 4.52 Å². The first-order valence-electron chi connectivity index (χ1n) is 7.41. The van der Waals surface area contributed by atoms with Crippen LogP contribution >= 0.6 is 11.3 Å². The first-order valence-corrected chi connectivity index (χ1v) is 9.78. The van der Waals surface area contributed by atoms with Crippen LogP contribution < -0.4 is 10.4 Å². The van der Waals surface area contributed by atoms with Gasteiger partial charge in [-0.3, -0.25) is 4.57 Å². The standard InChI is InChI=1S/C14H17N5O4S2/c1-9-12(10(2)23-17-9)25(21,22)15-6-7-19-14(20)18(3)13(16-19)11-5-4-8-24-11/h4-5,8,15H,6-7H2,1-3H3. The van der Waals surface area contributed by atoms with Gasteiger partial charge in [0.2, 0.25) is 10.0 Å². The van der Waals surface area contributed by atoms with Crippen LogP contribution in [0.4, 0.5) is 0 Å². The average Bonchev–Trinajstić information content (AvgIpc) is 3.24. The fourth-order valence-corrected chi connectivity index (χ4v) is 4.56. The predicted octanol–water partition coefficient (Wildman–Crippen LogP) is 0.894. The Morgan fingerprint density at radius 2 is 2.12 bits per heavy atom. The smallest absolute Gasteiger partial charge is 0.345 e.